The quantitative estimate of drug-likeness (QED) is 0.607. The van der Waals surface area contributed by atoms with Crippen LogP contribution in [0.1, 0.15) is 55.5 Å². The average Bonchev–Trinajstić information content (AvgIpc) is 3.62. The maximum Gasteiger partial charge on any atom is 0.320 e. The van der Waals surface area contributed by atoms with Crippen molar-refractivity contribution in [2.24, 2.45) is 18.4 Å². The number of piperidine rings is 1. The lowest BCUT2D eigenvalue weighted by Crippen LogP contribution is -2.73. The molecule has 8 nitrogen and oxygen atoms in total. The van der Waals surface area contributed by atoms with Crippen LogP contribution < -0.4 is 9.47 Å². The summed E-state index contributed by atoms with van der Waals surface area (Å²) in [7, 11) is 5.66. The van der Waals surface area contributed by atoms with Gasteiger partial charge in [0.25, 0.3) is 0 Å². The van der Waals surface area contributed by atoms with Crippen molar-refractivity contribution in [1.82, 2.24) is 24.3 Å². The molecule has 4 bridgehead atoms. The van der Waals surface area contributed by atoms with Crippen molar-refractivity contribution in [2.75, 3.05) is 33.8 Å². The second-order valence-corrected chi connectivity index (χ2v) is 12.8. The molecule has 0 radical (unpaired) electrons. The van der Waals surface area contributed by atoms with Gasteiger partial charge in [0.15, 0.2) is 11.5 Å². The van der Waals surface area contributed by atoms with Crippen molar-refractivity contribution in [1.29, 1.82) is 0 Å². The number of rotatable bonds is 5. The first-order chi connectivity index (χ1) is 18.5. The highest BCUT2D eigenvalue weighted by molar-refractivity contribution is 5.75. The van der Waals surface area contributed by atoms with Crippen molar-refractivity contribution in [2.45, 2.75) is 75.1 Å². The molecule has 2 aromatic rings. The van der Waals surface area contributed by atoms with Crippen LogP contribution in [0.15, 0.2) is 24.5 Å². The number of fused-ring (bicyclic) bond motifs is 3. The zero-order valence-electron chi connectivity index (χ0n) is 22.9. The van der Waals surface area contributed by atoms with Crippen molar-refractivity contribution in [3.63, 3.8) is 0 Å². The highest BCUT2D eigenvalue weighted by Gasteiger charge is 2.74. The number of amides is 2. The highest BCUT2D eigenvalue weighted by Crippen LogP contribution is 2.71. The van der Waals surface area contributed by atoms with E-state index in [0.717, 1.165) is 62.0 Å². The van der Waals surface area contributed by atoms with Crippen molar-refractivity contribution < 1.29 is 14.3 Å². The number of ether oxygens (including phenoxy) is 2. The van der Waals surface area contributed by atoms with E-state index in [0.29, 0.717) is 12.6 Å². The molecule has 4 aliphatic heterocycles. The molecule has 2 amide bonds. The smallest absolute Gasteiger partial charge is 0.320 e. The topological polar surface area (TPSA) is 63.1 Å². The van der Waals surface area contributed by atoms with Gasteiger partial charge in [-0.2, -0.15) is 0 Å². The van der Waals surface area contributed by atoms with Gasteiger partial charge < -0.3 is 23.8 Å². The van der Waals surface area contributed by atoms with Crippen LogP contribution in [0, 0.1) is 11.3 Å². The zero-order chi connectivity index (χ0) is 25.8. The summed E-state index contributed by atoms with van der Waals surface area (Å²) < 4.78 is 14.9. The van der Waals surface area contributed by atoms with E-state index in [1.165, 1.54) is 36.9 Å². The molecule has 3 aliphatic carbocycles. The van der Waals surface area contributed by atoms with E-state index < -0.39 is 0 Å². The monoisotopic (exact) mass is 517 g/mol. The minimum absolute atomic E-state index is 0.0137. The molecule has 2 spiro atoms. The third-order valence-electron chi connectivity index (χ3n) is 11.3. The predicted molar refractivity (Wildman–Crippen MR) is 142 cm³/mol. The van der Waals surface area contributed by atoms with Crippen LogP contribution in [0.3, 0.4) is 0 Å². The van der Waals surface area contributed by atoms with E-state index in [1.54, 1.807) is 13.3 Å². The first-order valence-electron chi connectivity index (χ1n) is 14.6. The second kappa shape index (κ2) is 7.90. The third kappa shape index (κ3) is 2.85. The van der Waals surface area contributed by atoms with Crippen molar-refractivity contribution in [3.05, 3.63) is 41.5 Å². The Bertz CT molecular complexity index is 1300. The number of nitrogens with zero attached hydrogens (tertiary/aromatic N) is 5. The number of imidazole rings is 1. The molecule has 3 saturated heterocycles. The number of carbonyl (C=O) groups is 1. The summed E-state index contributed by atoms with van der Waals surface area (Å²) in [5, 5.41) is 0. The first kappa shape index (κ1) is 23.2. The molecule has 5 heterocycles. The standard InChI is InChI=1S/C30H39N5O3/c1-32-15-12-31-24(32)18-33(2)28(36)35-14-10-29-9-8-21(35)27-30(29)11-13-34(17-19-4-5-19)23(29)16-20-6-7-22(37-3)26(38-27)25(20)30/h6-7,12,15,19,21,23,27H,4-5,8-11,13-14,16-18H2,1-3H3/t21-,23-,27+,29-,30+/m1/s1. The number of urea groups is 1. The number of aromatic nitrogens is 2. The molecule has 1 aromatic heterocycles. The number of likely N-dealkylation sites (tertiary alicyclic amines) is 1. The van der Waals surface area contributed by atoms with E-state index in [1.807, 2.05) is 29.8 Å². The van der Waals surface area contributed by atoms with Gasteiger partial charge in [0.05, 0.1) is 19.7 Å². The van der Waals surface area contributed by atoms with Gasteiger partial charge in [-0.25, -0.2) is 9.78 Å². The summed E-state index contributed by atoms with van der Waals surface area (Å²) in [5.74, 6) is 3.60. The summed E-state index contributed by atoms with van der Waals surface area (Å²) in [6.07, 6.45) is 11.9. The summed E-state index contributed by atoms with van der Waals surface area (Å²) >= 11 is 0. The number of benzene rings is 1. The van der Waals surface area contributed by atoms with Gasteiger partial charge in [0, 0.05) is 62.0 Å². The molecule has 7 aliphatic rings. The Hall–Kier alpha value is -2.74. The largest absolute Gasteiger partial charge is 0.493 e. The Kier molecular flexibility index (Phi) is 4.82. The van der Waals surface area contributed by atoms with Crippen molar-refractivity contribution in [3.8, 4) is 11.5 Å². The number of hydrogen-bond acceptors (Lipinski definition) is 5. The minimum Gasteiger partial charge on any atom is -0.493 e. The van der Waals surface area contributed by atoms with Crippen LogP contribution in [0.2, 0.25) is 0 Å². The van der Waals surface area contributed by atoms with Gasteiger partial charge in [-0.05, 0) is 69.0 Å². The fourth-order valence-electron chi connectivity index (χ4n) is 9.42. The molecule has 38 heavy (non-hydrogen) atoms. The molecule has 1 aromatic carbocycles. The molecular weight excluding hydrogens is 478 g/mol. The summed E-state index contributed by atoms with van der Waals surface area (Å²) in [5.41, 5.74) is 2.99. The Morgan fingerprint density at radius 3 is 2.84 bits per heavy atom. The summed E-state index contributed by atoms with van der Waals surface area (Å²) in [6.45, 7) is 3.69. The molecule has 0 N–H and O–H groups in total. The Morgan fingerprint density at radius 1 is 1.21 bits per heavy atom. The molecule has 5 atom stereocenters. The summed E-state index contributed by atoms with van der Waals surface area (Å²) in [6, 6.07) is 5.12. The van der Waals surface area contributed by atoms with E-state index in [9.17, 15) is 4.79 Å². The molecule has 8 heteroatoms. The minimum atomic E-state index is -0.0363. The number of carbonyl (C=O) groups excluding carboxylic acids is 1. The molecule has 2 saturated carbocycles. The van der Waals surface area contributed by atoms with E-state index in [-0.39, 0.29) is 29.0 Å². The van der Waals surface area contributed by atoms with Crippen LogP contribution in [0.25, 0.3) is 0 Å². The third-order valence-corrected chi connectivity index (χ3v) is 11.3. The fraction of sp³-hybridized carbons (Fsp3) is 0.667. The molecule has 0 unspecified atom stereocenters. The van der Waals surface area contributed by atoms with Gasteiger partial charge in [-0.3, -0.25) is 4.90 Å². The van der Waals surface area contributed by atoms with Crippen LogP contribution in [0.5, 0.6) is 11.5 Å². The van der Waals surface area contributed by atoms with Crippen LogP contribution in [0.4, 0.5) is 4.79 Å². The molecule has 9 rings (SSSR count). The Morgan fingerprint density at radius 2 is 2.08 bits per heavy atom. The van der Waals surface area contributed by atoms with Crippen LogP contribution in [-0.2, 0) is 25.4 Å². The molecule has 5 fully saturated rings. The maximum absolute atomic E-state index is 14.1. The van der Waals surface area contributed by atoms with Gasteiger partial charge >= 0.3 is 6.03 Å². The highest BCUT2D eigenvalue weighted by atomic mass is 16.5. The van der Waals surface area contributed by atoms with E-state index in [4.69, 9.17) is 9.47 Å². The zero-order valence-corrected chi connectivity index (χ0v) is 22.9. The fourth-order valence-corrected chi connectivity index (χ4v) is 9.42. The first-order valence-corrected chi connectivity index (χ1v) is 14.6. The maximum atomic E-state index is 14.1. The van der Waals surface area contributed by atoms with E-state index in [2.05, 4.69) is 26.9 Å². The second-order valence-electron chi connectivity index (χ2n) is 12.8. The average molecular weight is 518 g/mol. The predicted octanol–water partition coefficient (Wildman–Crippen LogP) is 3.57. The molecule has 202 valence electrons. The van der Waals surface area contributed by atoms with Gasteiger partial charge in [0.1, 0.15) is 11.9 Å². The lowest BCUT2D eigenvalue weighted by molar-refractivity contribution is -0.129. The normalized spacial score (nSPS) is 34.5. The Balaban J connectivity index is 1.22. The van der Waals surface area contributed by atoms with Crippen LogP contribution >= 0.6 is 0 Å². The number of methoxy groups -OCH3 is 1. The SMILES string of the molecule is COc1ccc2c3c1O[C@H]1[C@H]4CC[C@@]5(CCN4C(=O)N(C)Cc4nccn4C)[C@@H](C2)N(CC2CC2)CC[C@]315. The van der Waals surface area contributed by atoms with Crippen LogP contribution in [-0.4, -0.2) is 82.3 Å². The Labute approximate surface area is 224 Å². The van der Waals surface area contributed by atoms with E-state index >= 15 is 0 Å². The lowest BCUT2D eigenvalue weighted by atomic mass is 9.42. The number of aryl methyl sites for hydroxylation is 1. The lowest BCUT2D eigenvalue weighted by Gasteiger charge is -2.66. The van der Waals surface area contributed by atoms with Gasteiger partial charge in [-0.15, -0.1) is 0 Å². The number of hydrogen-bond donors (Lipinski definition) is 0. The molecular formula is C30H39N5O3. The van der Waals surface area contributed by atoms with Gasteiger partial charge in [0.2, 0.25) is 0 Å². The van der Waals surface area contributed by atoms with Gasteiger partial charge in [-0.1, -0.05) is 6.07 Å². The summed E-state index contributed by atoms with van der Waals surface area (Å²) in [4.78, 5) is 25.4. The van der Waals surface area contributed by atoms with Crippen molar-refractivity contribution >= 4 is 6.03 Å².